The van der Waals surface area contributed by atoms with E-state index >= 15 is 0 Å². The van der Waals surface area contributed by atoms with Gasteiger partial charge in [-0.25, -0.2) is 0 Å². The average molecular weight is 280 g/mol. The summed E-state index contributed by atoms with van der Waals surface area (Å²) in [6, 6.07) is 0. The smallest absolute Gasteiger partial charge is 0.216 e. The Morgan fingerprint density at radius 2 is 2.26 bits per heavy atom. The molecule has 0 amide bonds. The van der Waals surface area contributed by atoms with Crippen LogP contribution in [0, 0.1) is 10.7 Å². The van der Waals surface area contributed by atoms with Gasteiger partial charge in [-0.2, -0.15) is 14.9 Å². The summed E-state index contributed by atoms with van der Waals surface area (Å²) in [5, 5.41) is 11.3. The molecule has 0 bridgehead atoms. The molecule has 0 aliphatic rings. The lowest BCUT2D eigenvalue weighted by molar-refractivity contribution is 0.561. The molecule has 1 N–H and O–H groups in total. The number of hydrogen-bond donors (Lipinski definition) is 1. The van der Waals surface area contributed by atoms with E-state index in [1.54, 1.807) is 4.68 Å². The number of aryl methyl sites for hydroxylation is 1. The van der Waals surface area contributed by atoms with Gasteiger partial charge in [0, 0.05) is 12.6 Å². The second-order valence-electron chi connectivity index (χ2n) is 5.11. The predicted octanol–water partition coefficient (Wildman–Crippen LogP) is 4.11. The summed E-state index contributed by atoms with van der Waals surface area (Å²) < 4.78 is 2.27. The van der Waals surface area contributed by atoms with Gasteiger partial charge in [0.1, 0.15) is 0 Å². The Balaban J connectivity index is 2.47. The Labute approximate surface area is 120 Å². The molecule has 0 aliphatic carbocycles. The molecule has 19 heavy (non-hydrogen) atoms. The number of allylic oxidation sites excluding steroid dienone is 2. The fourth-order valence-electron chi connectivity index (χ4n) is 1.76. The lowest BCUT2D eigenvalue weighted by Crippen LogP contribution is -1.99. The maximum absolute atomic E-state index is 5.14. The van der Waals surface area contributed by atoms with Gasteiger partial charge < -0.3 is 0 Å². The molecule has 1 atom stereocenters. The zero-order chi connectivity index (χ0) is 14.3. The molecule has 5 heteroatoms. The molecule has 0 spiro atoms. The highest BCUT2D eigenvalue weighted by Crippen LogP contribution is 2.10. The Hall–Kier alpha value is -1.23. The van der Waals surface area contributed by atoms with Gasteiger partial charge in [0.2, 0.25) is 4.77 Å². The van der Waals surface area contributed by atoms with Gasteiger partial charge >= 0.3 is 0 Å². The first kappa shape index (κ1) is 15.8. The monoisotopic (exact) mass is 280 g/mol. The molecule has 1 rings (SSSR count). The summed E-state index contributed by atoms with van der Waals surface area (Å²) in [6.45, 7) is 8.57. The first-order valence-corrected chi connectivity index (χ1v) is 7.27. The minimum absolute atomic E-state index is 0.560. The summed E-state index contributed by atoms with van der Waals surface area (Å²) in [5.74, 6) is 1.50. The van der Waals surface area contributed by atoms with Crippen LogP contribution in [0.3, 0.4) is 0 Å². The molecule has 1 aromatic heterocycles. The molecule has 4 nitrogen and oxygen atoms in total. The van der Waals surface area contributed by atoms with Crippen molar-refractivity contribution in [1.82, 2.24) is 14.9 Å². The molecule has 0 unspecified atom stereocenters. The van der Waals surface area contributed by atoms with E-state index in [0.717, 1.165) is 25.1 Å². The minimum atomic E-state index is 0.560. The molecule has 1 aromatic rings. The number of nitrogens with one attached hydrogen (secondary N) is 1. The lowest BCUT2D eigenvalue weighted by Gasteiger charge is -2.06. The summed E-state index contributed by atoms with van der Waals surface area (Å²) >= 11 is 5.14. The number of nitrogens with zero attached hydrogens (tertiary/aromatic N) is 3. The predicted molar refractivity (Wildman–Crippen MR) is 83.1 cm³/mol. The van der Waals surface area contributed by atoms with Crippen LogP contribution >= 0.6 is 12.2 Å². The van der Waals surface area contributed by atoms with Crippen molar-refractivity contribution in [2.45, 2.75) is 53.4 Å². The number of rotatable bonds is 7. The molecular weight excluding hydrogens is 256 g/mol. The van der Waals surface area contributed by atoms with Crippen LogP contribution in [-0.2, 0) is 6.42 Å². The highest BCUT2D eigenvalue weighted by atomic mass is 32.1. The van der Waals surface area contributed by atoms with Crippen LogP contribution in [0.25, 0.3) is 0 Å². The van der Waals surface area contributed by atoms with Crippen molar-refractivity contribution in [3.8, 4) is 0 Å². The van der Waals surface area contributed by atoms with Gasteiger partial charge in [0.25, 0.3) is 0 Å². The molecule has 106 valence electrons. The molecular formula is C14H24N4S. The number of H-pyrrole nitrogens is 1. The van der Waals surface area contributed by atoms with Crippen molar-refractivity contribution < 1.29 is 0 Å². The van der Waals surface area contributed by atoms with E-state index in [1.165, 1.54) is 12.0 Å². The van der Waals surface area contributed by atoms with Crippen molar-refractivity contribution in [1.29, 1.82) is 0 Å². The molecule has 0 fully saturated rings. The molecule has 1 heterocycles. The largest absolute Gasteiger partial charge is 0.250 e. The number of aromatic amines is 1. The Bertz CT molecular complexity index is 492. The normalized spacial score (nSPS) is 12.8. The van der Waals surface area contributed by atoms with Crippen LogP contribution in [0.2, 0.25) is 0 Å². The third-order valence-electron chi connectivity index (χ3n) is 2.95. The van der Waals surface area contributed by atoms with E-state index in [-0.39, 0.29) is 0 Å². The molecule has 0 saturated heterocycles. The third kappa shape index (κ3) is 5.51. The van der Waals surface area contributed by atoms with Crippen LogP contribution in [0.15, 0.2) is 16.8 Å². The van der Waals surface area contributed by atoms with Gasteiger partial charge in [-0.15, -0.1) is 0 Å². The van der Waals surface area contributed by atoms with Crippen molar-refractivity contribution >= 4 is 18.4 Å². The minimum Gasteiger partial charge on any atom is -0.250 e. The first-order chi connectivity index (χ1) is 9.04. The topological polar surface area (TPSA) is 46.0 Å². The van der Waals surface area contributed by atoms with Crippen LogP contribution in [0.1, 0.15) is 52.8 Å². The maximum atomic E-state index is 5.14. The Kier molecular flexibility index (Phi) is 6.70. The van der Waals surface area contributed by atoms with Gasteiger partial charge in [-0.1, -0.05) is 25.5 Å². The second kappa shape index (κ2) is 8.04. The zero-order valence-electron chi connectivity index (χ0n) is 12.3. The van der Waals surface area contributed by atoms with E-state index < -0.39 is 0 Å². The van der Waals surface area contributed by atoms with Gasteiger partial charge in [0.05, 0.1) is 0 Å². The molecule has 0 aromatic carbocycles. The number of aromatic nitrogens is 3. The molecule has 0 saturated carbocycles. The van der Waals surface area contributed by atoms with E-state index in [2.05, 4.69) is 42.1 Å². The van der Waals surface area contributed by atoms with E-state index in [1.807, 2.05) is 13.1 Å². The summed E-state index contributed by atoms with van der Waals surface area (Å²) in [4.78, 5) is 0. The van der Waals surface area contributed by atoms with E-state index in [9.17, 15) is 0 Å². The highest BCUT2D eigenvalue weighted by molar-refractivity contribution is 7.71. The average Bonchev–Trinajstić information content (AvgIpc) is 2.70. The van der Waals surface area contributed by atoms with Crippen LogP contribution in [-0.4, -0.2) is 21.1 Å². The molecule has 0 aliphatic heterocycles. The fraction of sp³-hybridized carbons (Fsp3) is 0.643. The second-order valence-corrected chi connectivity index (χ2v) is 5.49. The highest BCUT2D eigenvalue weighted by Gasteiger charge is 2.02. The quantitative estimate of drug-likeness (QED) is 0.464. The van der Waals surface area contributed by atoms with Crippen molar-refractivity contribution in [3.63, 3.8) is 0 Å². The van der Waals surface area contributed by atoms with Crippen LogP contribution < -0.4 is 0 Å². The van der Waals surface area contributed by atoms with Crippen LogP contribution in [0.5, 0.6) is 0 Å². The molecule has 0 radical (unpaired) electrons. The fourth-order valence-corrected chi connectivity index (χ4v) is 1.95. The lowest BCUT2D eigenvalue weighted by atomic mass is 10.0. The van der Waals surface area contributed by atoms with Crippen molar-refractivity contribution in [3.05, 3.63) is 22.2 Å². The van der Waals surface area contributed by atoms with Crippen molar-refractivity contribution in [2.24, 2.45) is 11.0 Å². The Morgan fingerprint density at radius 1 is 1.53 bits per heavy atom. The van der Waals surface area contributed by atoms with E-state index in [4.69, 9.17) is 12.2 Å². The Morgan fingerprint density at radius 3 is 2.89 bits per heavy atom. The summed E-state index contributed by atoms with van der Waals surface area (Å²) in [7, 11) is 0. The first-order valence-electron chi connectivity index (χ1n) is 6.87. The van der Waals surface area contributed by atoms with Gasteiger partial charge in [-0.3, -0.25) is 5.10 Å². The standard InChI is InChI=1S/C14H24N4S/c1-5-13-16-17-14(19)18(13)15-10-9-12(4)8-6-7-11(2)3/h7,10,12H,5-6,8-9H2,1-4H3,(H,17,19)/b15-10-/t12-/m0/s1. The SMILES string of the molecule is CCc1n[nH]c(=S)n1/N=C\C[C@@H](C)CCC=C(C)C. The summed E-state index contributed by atoms with van der Waals surface area (Å²) in [6.07, 6.45) is 8.34. The van der Waals surface area contributed by atoms with Gasteiger partial charge in [-0.05, 0) is 51.2 Å². The van der Waals surface area contributed by atoms with Crippen molar-refractivity contribution in [2.75, 3.05) is 0 Å². The number of hydrogen-bond acceptors (Lipinski definition) is 3. The van der Waals surface area contributed by atoms with E-state index in [0.29, 0.717) is 10.7 Å². The summed E-state index contributed by atoms with van der Waals surface area (Å²) in [5.41, 5.74) is 1.39. The van der Waals surface area contributed by atoms with Gasteiger partial charge in [0.15, 0.2) is 5.82 Å². The maximum Gasteiger partial charge on any atom is 0.216 e. The van der Waals surface area contributed by atoms with Crippen LogP contribution in [0.4, 0.5) is 0 Å². The third-order valence-corrected chi connectivity index (χ3v) is 3.21. The zero-order valence-corrected chi connectivity index (χ0v) is 13.1.